The molecule has 1 saturated heterocycles. The number of furan rings is 1. The molecule has 0 aliphatic carbocycles. The predicted molar refractivity (Wildman–Crippen MR) is 143 cm³/mol. The average Bonchev–Trinajstić information content (AvgIpc) is 3.25. The number of aliphatic imine (C=N–C) groups is 1. The van der Waals surface area contributed by atoms with E-state index in [0.717, 1.165) is 50.4 Å². The Hall–Kier alpha value is -1.58. The predicted octanol–water partition coefficient (Wildman–Crippen LogP) is 4.32. The first kappa shape index (κ1) is 26.7. The summed E-state index contributed by atoms with van der Waals surface area (Å²) in [4.78, 5) is 9.31. The summed E-state index contributed by atoms with van der Waals surface area (Å²) in [5.74, 6) is 2.61. The minimum atomic E-state index is 0. The highest BCUT2D eigenvalue weighted by molar-refractivity contribution is 14.0. The van der Waals surface area contributed by atoms with Crippen LogP contribution < -0.4 is 10.6 Å². The number of likely N-dealkylation sites (tertiary alicyclic amines) is 1. The number of nitrogens with zero attached hydrogens (tertiary/aromatic N) is 3. The number of benzene rings is 1. The summed E-state index contributed by atoms with van der Waals surface area (Å²) in [5.41, 5.74) is 2.62. The van der Waals surface area contributed by atoms with Gasteiger partial charge in [-0.2, -0.15) is 0 Å². The highest BCUT2D eigenvalue weighted by Crippen LogP contribution is 2.14. The van der Waals surface area contributed by atoms with E-state index in [1.54, 1.807) is 6.26 Å². The summed E-state index contributed by atoms with van der Waals surface area (Å²) in [5, 5.41) is 7.15. The van der Waals surface area contributed by atoms with E-state index in [4.69, 9.17) is 4.42 Å². The molecule has 0 atom stereocenters. The Balaban J connectivity index is 0.00000363. The van der Waals surface area contributed by atoms with Gasteiger partial charge in [0.15, 0.2) is 5.96 Å². The maximum absolute atomic E-state index is 5.48. The molecule has 1 fully saturated rings. The molecule has 0 amide bonds. The molecule has 2 N–H and O–H groups in total. The number of rotatable bonds is 9. The molecule has 32 heavy (non-hydrogen) atoms. The molecule has 6 nitrogen and oxygen atoms in total. The van der Waals surface area contributed by atoms with Crippen molar-refractivity contribution in [1.29, 1.82) is 0 Å². The van der Waals surface area contributed by atoms with E-state index in [1.807, 2.05) is 19.2 Å². The Morgan fingerprint density at radius 1 is 1.12 bits per heavy atom. The van der Waals surface area contributed by atoms with Gasteiger partial charge in [-0.3, -0.25) is 9.89 Å². The summed E-state index contributed by atoms with van der Waals surface area (Å²) in [6.45, 7) is 10.6. The molecule has 1 aromatic heterocycles. The summed E-state index contributed by atoms with van der Waals surface area (Å²) in [6, 6.07) is 13.1. The van der Waals surface area contributed by atoms with Gasteiger partial charge in [0.1, 0.15) is 5.76 Å². The van der Waals surface area contributed by atoms with Crippen LogP contribution in [0.5, 0.6) is 0 Å². The molecule has 0 bridgehead atoms. The fraction of sp³-hybridized carbons (Fsp3) is 0.560. The Labute approximate surface area is 210 Å². The number of piperidine rings is 1. The van der Waals surface area contributed by atoms with Gasteiger partial charge < -0.3 is 20.0 Å². The van der Waals surface area contributed by atoms with Crippen LogP contribution in [-0.4, -0.2) is 55.5 Å². The van der Waals surface area contributed by atoms with Gasteiger partial charge in [0.25, 0.3) is 0 Å². The van der Waals surface area contributed by atoms with E-state index >= 15 is 0 Å². The van der Waals surface area contributed by atoms with Crippen molar-refractivity contribution in [3.63, 3.8) is 0 Å². The molecule has 1 aromatic carbocycles. The van der Waals surface area contributed by atoms with E-state index < -0.39 is 0 Å². The summed E-state index contributed by atoms with van der Waals surface area (Å²) < 4.78 is 5.48. The smallest absolute Gasteiger partial charge is 0.191 e. The van der Waals surface area contributed by atoms with Crippen LogP contribution in [0.4, 0.5) is 0 Å². The quantitative estimate of drug-likeness (QED) is 0.276. The van der Waals surface area contributed by atoms with E-state index in [2.05, 4.69) is 70.6 Å². The van der Waals surface area contributed by atoms with Gasteiger partial charge in [-0.05, 0) is 49.1 Å². The van der Waals surface area contributed by atoms with Gasteiger partial charge >= 0.3 is 0 Å². The number of guanidine groups is 1. The van der Waals surface area contributed by atoms with E-state index in [9.17, 15) is 0 Å². The molecule has 178 valence electrons. The molecule has 3 rings (SSSR count). The van der Waals surface area contributed by atoms with Crippen molar-refractivity contribution in [2.24, 2.45) is 10.9 Å². The zero-order chi connectivity index (χ0) is 22.1. The van der Waals surface area contributed by atoms with Crippen molar-refractivity contribution in [2.75, 3.05) is 33.7 Å². The van der Waals surface area contributed by atoms with Crippen LogP contribution in [0, 0.1) is 5.92 Å². The van der Waals surface area contributed by atoms with Gasteiger partial charge in [0.05, 0.1) is 12.8 Å². The van der Waals surface area contributed by atoms with E-state index in [0.29, 0.717) is 6.04 Å². The third kappa shape index (κ3) is 8.75. The molecule has 0 spiro atoms. The van der Waals surface area contributed by atoms with Gasteiger partial charge in [0.2, 0.25) is 0 Å². The lowest BCUT2D eigenvalue weighted by atomic mass is 10.0. The Bertz CT molecular complexity index is 800. The summed E-state index contributed by atoms with van der Waals surface area (Å²) >= 11 is 0. The van der Waals surface area contributed by atoms with Crippen molar-refractivity contribution in [1.82, 2.24) is 20.4 Å². The Morgan fingerprint density at radius 3 is 2.47 bits per heavy atom. The Morgan fingerprint density at radius 2 is 1.84 bits per heavy atom. The first-order valence-corrected chi connectivity index (χ1v) is 11.5. The van der Waals surface area contributed by atoms with Gasteiger partial charge in [0, 0.05) is 45.8 Å². The van der Waals surface area contributed by atoms with E-state index in [-0.39, 0.29) is 24.0 Å². The number of halogens is 1. The highest BCUT2D eigenvalue weighted by atomic mass is 127. The van der Waals surface area contributed by atoms with Crippen molar-refractivity contribution >= 4 is 29.9 Å². The fourth-order valence-corrected chi connectivity index (χ4v) is 4.24. The van der Waals surface area contributed by atoms with Crippen LogP contribution in [0.25, 0.3) is 0 Å². The molecular formula is C25H40IN5O. The molecule has 1 aliphatic heterocycles. The number of nitrogens with one attached hydrogen (secondary N) is 2. The maximum Gasteiger partial charge on any atom is 0.191 e. The third-order valence-corrected chi connectivity index (χ3v) is 5.79. The molecule has 2 aromatic rings. The van der Waals surface area contributed by atoms with Crippen LogP contribution in [0.15, 0.2) is 52.1 Å². The lowest BCUT2D eigenvalue weighted by Crippen LogP contribution is -2.49. The molecule has 2 heterocycles. The zero-order valence-electron chi connectivity index (χ0n) is 20.0. The third-order valence-electron chi connectivity index (χ3n) is 5.79. The van der Waals surface area contributed by atoms with Crippen LogP contribution in [0.3, 0.4) is 0 Å². The standard InChI is InChI=1S/C25H39N5O.HI/c1-20(2)17-30-13-11-23(12-14-30)28-25(26-3)27-16-21-8-5-6-9-22(21)18-29(4)19-24-10-7-15-31-24;/h5-10,15,20,23H,11-14,16-19H2,1-4H3,(H2,26,27,28);1H. The lowest BCUT2D eigenvalue weighted by Gasteiger charge is -2.34. The maximum atomic E-state index is 5.48. The fourth-order valence-electron chi connectivity index (χ4n) is 4.24. The second-order valence-corrected chi connectivity index (χ2v) is 9.06. The molecule has 7 heteroatoms. The molecular weight excluding hydrogens is 513 g/mol. The van der Waals surface area contributed by atoms with E-state index in [1.165, 1.54) is 30.5 Å². The zero-order valence-corrected chi connectivity index (χ0v) is 22.3. The van der Waals surface area contributed by atoms with Gasteiger partial charge in [-0.15, -0.1) is 24.0 Å². The van der Waals surface area contributed by atoms with Gasteiger partial charge in [-0.1, -0.05) is 38.1 Å². The summed E-state index contributed by atoms with van der Waals surface area (Å²) in [6.07, 6.45) is 4.07. The van der Waals surface area contributed by atoms with Gasteiger partial charge in [-0.25, -0.2) is 0 Å². The Kier molecular flexibility index (Phi) is 11.5. The summed E-state index contributed by atoms with van der Waals surface area (Å²) in [7, 11) is 3.98. The second kappa shape index (κ2) is 13.9. The lowest BCUT2D eigenvalue weighted by molar-refractivity contribution is 0.187. The first-order valence-electron chi connectivity index (χ1n) is 11.5. The van der Waals surface area contributed by atoms with Crippen molar-refractivity contribution in [2.45, 2.75) is 52.4 Å². The number of hydrogen-bond acceptors (Lipinski definition) is 4. The average molecular weight is 554 g/mol. The normalized spacial score (nSPS) is 15.8. The molecule has 0 radical (unpaired) electrons. The van der Waals surface area contributed by atoms with Crippen LogP contribution in [0.1, 0.15) is 43.6 Å². The van der Waals surface area contributed by atoms with Crippen molar-refractivity contribution in [3.8, 4) is 0 Å². The van der Waals surface area contributed by atoms with Crippen LogP contribution in [-0.2, 0) is 19.6 Å². The molecule has 0 unspecified atom stereocenters. The molecule has 1 aliphatic rings. The number of hydrogen-bond donors (Lipinski definition) is 2. The molecule has 0 saturated carbocycles. The van der Waals surface area contributed by atoms with Crippen molar-refractivity contribution in [3.05, 3.63) is 59.5 Å². The van der Waals surface area contributed by atoms with Crippen molar-refractivity contribution < 1.29 is 4.42 Å². The topological polar surface area (TPSA) is 56.0 Å². The minimum Gasteiger partial charge on any atom is -0.468 e. The largest absolute Gasteiger partial charge is 0.468 e. The second-order valence-electron chi connectivity index (χ2n) is 9.06. The van der Waals surface area contributed by atoms with Crippen LogP contribution in [0.2, 0.25) is 0 Å². The highest BCUT2D eigenvalue weighted by Gasteiger charge is 2.20. The monoisotopic (exact) mass is 553 g/mol. The SMILES string of the molecule is CN=C(NCc1ccccc1CN(C)Cc1ccco1)NC1CCN(CC(C)C)CC1.I. The first-order chi connectivity index (χ1) is 15.0. The van der Waals surface area contributed by atoms with Crippen LogP contribution >= 0.6 is 24.0 Å². The minimum absolute atomic E-state index is 0.